The molecule has 1 atom stereocenters. The average Bonchev–Trinajstić information content (AvgIpc) is 2.48. The molecule has 2 aromatic rings. The van der Waals surface area contributed by atoms with E-state index in [0.29, 0.717) is 17.1 Å². The zero-order chi connectivity index (χ0) is 16.6. The molecule has 4 nitrogen and oxygen atoms in total. The summed E-state index contributed by atoms with van der Waals surface area (Å²) in [5, 5.41) is 2.61. The molecule has 23 heavy (non-hydrogen) atoms. The van der Waals surface area contributed by atoms with Crippen molar-refractivity contribution in [2.24, 2.45) is 0 Å². The topological polar surface area (TPSA) is 64.3 Å². The van der Waals surface area contributed by atoms with E-state index in [9.17, 15) is 18.0 Å². The van der Waals surface area contributed by atoms with Crippen LogP contribution in [-0.4, -0.2) is 12.0 Å². The van der Waals surface area contributed by atoms with Gasteiger partial charge in [0.05, 0.1) is 11.3 Å². The van der Waals surface area contributed by atoms with Gasteiger partial charge in [0.25, 0.3) is 5.91 Å². The number of ether oxygens (including phenoxy) is 1. The van der Waals surface area contributed by atoms with E-state index in [1.165, 1.54) is 24.3 Å². The van der Waals surface area contributed by atoms with E-state index in [0.717, 1.165) is 6.07 Å². The number of carbonyl (C=O) groups is 1. The third-order valence-corrected chi connectivity index (χ3v) is 3.55. The van der Waals surface area contributed by atoms with E-state index in [1.807, 2.05) is 0 Å². The molecule has 0 spiro atoms. The molecule has 0 bridgehead atoms. The first-order valence-corrected chi connectivity index (χ1v) is 6.87. The summed E-state index contributed by atoms with van der Waals surface area (Å²) in [7, 11) is 0. The van der Waals surface area contributed by atoms with Crippen LogP contribution in [0.15, 0.2) is 42.5 Å². The van der Waals surface area contributed by atoms with Gasteiger partial charge in [-0.1, -0.05) is 18.2 Å². The van der Waals surface area contributed by atoms with Gasteiger partial charge in [0, 0.05) is 18.2 Å². The van der Waals surface area contributed by atoms with Gasteiger partial charge in [-0.2, -0.15) is 13.2 Å². The van der Waals surface area contributed by atoms with Crippen molar-refractivity contribution < 1.29 is 22.7 Å². The lowest BCUT2D eigenvalue weighted by molar-refractivity contribution is -0.138. The maximum atomic E-state index is 13.0. The SMILES string of the molecule is Nc1ccc2c(c1)OC(Cc1ccccc1C(F)(F)F)C(=O)N2. The lowest BCUT2D eigenvalue weighted by Crippen LogP contribution is -2.39. The van der Waals surface area contributed by atoms with Gasteiger partial charge < -0.3 is 15.8 Å². The summed E-state index contributed by atoms with van der Waals surface area (Å²) in [5.41, 5.74) is 5.78. The number of hydrogen-bond acceptors (Lipinski definition) is 3. The van der Waals surface area contributed by atoms with Crippen LogP contribution in [0.1, 0.15) is 11.1 Å². The largest absolute Gasteiger partial charge is 0.478 e. The van der Waals surface area contributed by atoms with Crippen LogP contribution in [-0.2, 0) is 17.4 Å². The predicted molar refractivity (Wildman–Crippen MR) is 79.0 cm³/mol. The second kappa shape index (κ2) is 5.49. The van der Waals surface area contributed by atoms with Crippen molar-refractivity contribution in [3.63, 3.8) is 0 Å². The highest BCUT2D eigenvalue weighted by Gasteiger charge is 2.35. The van der Waals surface area contributed by atoms with Gasteiger partial charge in [-0.15, -0.1) is 0 Å². The molecule has 0 aromatic heterocycles. The Labute approximate surface area is 130 Å². The van der Waals surface area contributed by atoms with Crippen molar-refractivity contribution in [3.8, 4) is 5.75 Å². The highest BCUT2D eigenvalue weighted by atomic mass is 19.4. The Kier molecular flexibility index (Phi) is 3.63. The molecule has 2 aromatic carbocycles. The number of alkyl halides is 3. The zero-order valence-corrected chi connectivity index (χ0v) is 11.9. The smallest absolute Gasteiger partial charge is 0.416 e. The number of nitrogen functional groups attached to an aromatic ring is 1. The maximum Gasteiger partial charge on any atom is 0.416 e. The van der Waals surface area contributed by atoms with Gasteiger partial charge in [-0.25, -0.2) is 0 Å². The van der Waals surface area contributed by atoms with Crippen molar-refractivity contribution in [2.45, 2.75) is 18.7 Å². The first-order chi connectivity index (χ1) is 10.8. The maximum absolute atomic E-state index is 13.0. The van der Waals surface area contributed by atoms with Crippen LogP contribution in [0.2, 0.25) is 0 Å². The Morgan fingerprint density at radius 3 is 2.65 bits per heavy atom. The molecular weight excluding hydrogens is 309 g/mol. The van der Waals surface area contributed by atoms with Crippen molar-refractivity contribution in [2.75, 3.05) is 11.1 Å². The third-order valence-electron chi connectivity index (χ3n) is 3.55. The van der Waals surface area contributed by atoms with E-state index < -0.39 is 23.8 Å². The van der Waals surface area contributed by atoms with Crippen LogP contribution >= 0.6 is 0 Å². The highest BCUT2D eigenvalue weighted by molar-refractivity contribution is 5.98. The molecule has 1 aliphatic heterocycles. The lowest BCUT2D eigenvalue weighted by Gasteiger charge is -2.26. The molecule has 120 valence electrons. The van der Waals surface area contributed by atoms with Crippen LogP contribution < -0.4 is 15.8 Å². The van der Waals surface area contributed by atoms with Gasteiger partial charge in [0.15, 0.2) is 6.10 Å². The number of fused-ring (bicyclic) bond motifs is 1. The molecule has 7 heteroatoms. The van der Waals surface area contributed by atoms with Gasteiger partial charge in [0.2, 0.25) is 0 Å². The number of hydrogen-bond donors (Lipinski definition) is 2. The Morgan fingerprint density at radius 2 is 1.91 bits per heavy atom. The van der Waals surface area contributed by atoms with Crippen molar-refractivity contribution in [3.05, 3.63) is 53.6 Å². The Morgan fingerprint density at radius 1 is 1.17 bits per heavy atom. The van der Waals surface area contributed by atoms with E-state index in [2.05, 4.69) is 5.32 Å². The molecule has 0 radical (unpaired) electrons. The summed E-state index contributed by atoms with van der Waals surface area (Å²) >= 11 is 0. The molecule has 0 saturated carbocycles. The fraction of sp³-hybridized carbons (Fsp3) is 0.188. The fourth-order valence-corrected chi connectivity index (χ4v) is 2.47. The molecule has 0 saturated heterocycles. The summed E-state index contributed by atoms with van der Waals surface area (Å²) in [6.45, 7) is 0. The minimum Gasteiger partial charge on any atom is -0.478 e. The van der Waals surface area contributed by atoms with E-state index in [1.54, 1.807) is 12.1 Å². The second-order valence-corrected chi connectivity index (χ2v) is 5.21. The minimum atomic E-state index is -4.48. The summed E-state index contributed by atoms with van der Waals surface area (Å²) in [6, 6.07) is 9.85. The van der Waals surface area contributed by atoms with Crippen LogP contribution in [0.4, 0.5) is 24.5 Å². The number of amides is 1. The number of rotatable bonds is 2. The number of carbonyl (C=O) groups excluding carboxylic acids is 1. The van der Waals surface area contributed by atoms with Crippen molar-refractivity contribution >= 4 is 17.3 Å². The van der Waals surface area contributed by atoms with E-state index in [-0.39, 0.29) is 12.0 Å². The number of nitrogens with one attached hydrogen (secondary N) is 1. The van der Waals surface area contributed by atoms with Crippen LogP contribution in [0.5, 0.6) is 5.75 Å². The standard InChI is InChI=1S/C16H13F3N2O2/c17-16(18,19)11-4-2-1-3-9(11)7-14-15(22)21-12-6-5-10(20)8-13(12)23-14/h1-6,8,14H,7,20H2,(H,21,22). The molecule has 3 rings (SSSR count). The molecule has 0 aliphatic carbocycles. The normalized spacial score (nSPS) is 17.2. The summed E-state index contributed by atoms with van der Waals surface area (Å²) in [5.74, 6) is -0.140. The van der Waals surface area contributed by atoms with Gasteiger partial charge >= 0.3 is 6.18 Å². The lowest BCUT2D eigenvalue weighted by atomic mass is 10.00. The van der Waals surface area contributed by atoms with Crippen LogP contribution in [0, 0.1) is 0 Å². The summed E-state index contributed by atoms with van der Waals surface area (Å²) in [4.78, 5) is 12.1. The van der Waals surface area contributed by atoms with Gasteiger partial charge in [0.1, 0.15) is 5.75 Å². The highest BCUT2D eigenvalue weighted by Crippen LogP contribution is 2.35. The number of anilines is 2. The van der Waals surface area contributed by atoms with E-state index in [4.69, 9.17) is 10.5 Å². The Balaban J connectivity index is 1.88. The van der Waals surface area contributed by atoms with Crippen molar-refractivity contribution in [1.82, 2.24) is 0 Å². The van der Waals surface area contributed by atoms with E-state index >= 15 is 0 Å². The predicted octanol–water partition coefficient (Wildman–Crippen LogP) is 3.23. The van der Waals surface area contributed by atoms with Crippen LogP contribution in [0.25, 0.3) is 0 Å². The molecule has 3 N–H and O–H groups in total. The molecule has 1 amide bonds. The van der Waals surface area contributed by atoms with Crippen LogP contribution in [0.3, 0.4) is 0 Å². The molecule has 1 unspecified atom stereocenters. The average molecular weight is 322 g/mol. The first kappa shape index (κ1) is 15.2. The number of nitrogens with two attached hydrogens (primary N) is 1. The van der Waals surface area contributed by atoms with Gasteiger partial charge in [-0.05, 0) is 23.8 Å². The second-order valence-electron chi connectivity index (χ2n) is 5.21. The summed E-state index contributed by atoms with van der Waals surface area (Å²) in [6.07, 6.45) is -5.72. The number of benzene rings is 2. The quantitative estimate of drug-likeness (QED) is 0.834. The third kappa shape index (κ3) is 3.08. The fourth-order valence-electron chi connectivity index (χ4n) is 2.47. The molecule has 1 heterocycles. The Bertz CT molecular complexity index is 759. The van der Waals surface area contributed by atoms with Gasteiger partial charge in [-0.3, -0.25) is 4.79 Å². The molecule has 0 fully saturated rings. The Hall–Kier alpha value is -2.70. The number of halogens is 3. The zero-order valence-electron chi connectivity index (χ0n) is 11.9. The van der Waals surface area contributed by atoms with Crippen molar-refractivity contribution in [1.29, 1.82) is 0 Å². The minimum absolute atomic E-state index is 0.00695. The first-order valence-electron chi connectivity index (χ1n) is 6.87. The monoisotopic (exact) mass is 322 g/mol. The molecule has 1 aliphatic rings. The summed E-state index contributed by atoms with van der Waals surface area (Å²) < 4.78 is 44.6. The molecular formula is C16H13F3N2O2.